The highest BCUT2D eigenvalue weighted by Crippen LogP contribution is 2.37. The van der Waals surface area contributed by atoms with Gasteiger partial charge in [0.2, 0.25) is 11.8 Å². The second-order valence-electron chi connectivity index (χ2n) is 8.99. The predicted octanol–water partition coefficient (Wildman–Crippen LogP) is 2.42. The second-order valence-corrected chi connectivity index (χ2v) is 8.99. The van der Waals surface area contributed by atoms with Gasteiger partial charge in [-0.1, -0.05) is 6.92 Å². The van der Waals surface area contributed by atoms with Gasteiger partial charge < -0.3 is 14.6 Å². The third-order valence-electron chi connectivity index (χ3n) is 7.08. The first-order valence-corrected chi connectivity index (χ1v) is 10.9. The van der Waals surface area contributed by atoms with E-state index >= 15 is 0 Å². The van der Waals surface area contributed by atoms with Crippen molar-refractivity contribution in [1.29, 1.82) is 0 Å². The minimum absolute atomic E-state index is 0.0163. The molecule has 162 valence electrons. The summed E-state index contributed by atoms with van der Waals surface area (Å²) in [6.45, 7) is 3.19. The van der Waals surface area contributed by atoms with Gasteiger partial charge in [0, 0.05) is 36.3 Å². The Balaban J connectivity index is 1.59. The first-order valence-electron chi connectivity index (χ1n) is 10.9. The van der Waals surface area contributed by atoms with Crippen LogP contribution in [-0.2, 0) is 11.8 Å². The van der Waals surface area contributed by atoms with Gasteiger partial charge in [-0.05, 0) is 63.6 Å². The van der Waals surface area contributed by atoms with Gasteiger partial charge in [0.25, 0.3) is 5.56 Å². The Kier molecular flexibility index (Phi) is 5.82. The maximum absolute atomic E-state index is 13.2. The van der Waals surface area contributed by atoms with Crippen LogP contribution in [0.1, 0.15) is 50.5 Å². The Bertz CT molecular complexity index is 1000. The molecule has 2 aromatic rings. The van der Waals surface area contributed by atoms with Crippen molar-refractivity contribution in [1.82, 2.24) is 19.8 Å². The zero-order chi connectivity index (χ0) is 21.4. The van der Waals surface area contributed by atoms with E-state index in [9.17, 15) is 9.59 Å². The molecule has 0 radical (unpaired) electrons. The van der Waals surface area contributed by atoms with Gasteiger partial charge in [0.05, 0.1) is 18.7 Å². The number of aromatic nitrogens is 2. The number of nitrogens with one attached hydrogen (secondary N) is 1. The van der Waals surface area contributed by atoms with Crippen LogP contribution >= 0.6 is 0 Å². The Morgan fingerprint density at radius 1 is 1.23 bits per heavy atom. The van der Waals surface area contributed by atoms with Crippen LogP contribution in [0.25, 0.3) is 10.9 Å². The number of fused-ring (bicyclic) bond motifs is 1. The number of rotatable bonds is 4. The van der Waals surface area contributed by atoms with Crippen molar-refractivity contribution < 1.29 is 9.53 Å². The topological polar surface area (TPSA) is 76.5 Å². The summed E-state index contributed by atoms with van der Waals surface area (Å²) in [6, 6.07) is 3.88. The number of hydrogen-bond donors (Lipinski definition) is 1. The summed E-state index contributed by atoms with van der Waals surface area (Å²) in [5.74, 6) is 1.14. The van der Waals surface area contributed by atoms with E-state index in [1.165, 1.54) is 0 Å². The van der Waals surface area contributed by atoms with Crippen LogP contribution < -0.4 is 15.6 Å². The zero-order valence-corrected chi connectivity index (χ0v) is 18.4. The molecule has 2 fully saturated rings. The molecule has 1 aliphatic carbocycles. The molecule has 0 aromatic carbocycles. The molecule has 3 heterocycles. The van der Waals surface area contributed by atoms with Crippen molar-refractivity contribution in [2.45, 2.75) is 57.0 Å². The Morgan fingerprint density at radius 3 is 2.73 bits per heavy atom. The molecule has 7 nitrogen and oxygen atoms in total. The van der Waals surface area contributed by atoms with Crippen molar-refractivity contribution in [2.75, 3.05) is 20.7 Å². The molecule has 1 aliphatic heterocycles. The van der Waals surface area contributed by atoms with Crippen LogP contribution in [-0.4, -0.2) is 53.1 Å². The molecular weight excluding hydrogens is 380 g/mol. The van der Waals surface area contributed by atoms with E-state index in [0.717, 1.165) is 55.1 Å². The second kappa shape index (κ2) is 8.38. The van der Waals surface area contributed by atoms with Gasteiger partial charge in [0.1, 0.15) is 0 Å². The standard InChI is InChI=1S/C23H32N4O3/c1-14-7-8-16(25-22(28)19-6-5-9-26(19)2)11-17(14)18-10-15-13-24-21(30-4)12-20(15)27(3)23(18)29/h10,12-14,16-17,19H,5-9,11H2,1-4H3,(H,25,28). The number of pyridine rings is 2. The molecule has 1 amide bonds. The summed E-state index contributed by atoms with van der Waals surface area (Å²) in [4.78, 5) is 32.4. The maximum atomic E-state index is 13.2. The molecule has 30 heavy (non-hydrogen) atoms. The van der Waals surface area contributed by atoms with Crippen molar-refractivity contribution in [3.63, 3.8) is 0 Å². The van der Waals surface area contributed by atoms with Crippen LogP contribution in [0.4, 0.5) is 0 Å². The summed E-state index contributed by atoms with van der Waals surface area (Å²) in [7, 11) is 5.39. The molecule has 4 rings (SSSR count). The van der Waals surface area contributed by atoms with Crippen molar-refractivity contribution in [2.24, 2.45) is 13.0 Å². The number of likely N-dealkylation sites (tertiary alicyclic amines) is 1. The lowest BCUT2D eigenvalue weighted by Crippen LogP contribution is -2.48. The van der Waals surface area contributed by atoms with Crippen LogP contribution in [0.15, 0.2) is 23.1 Å². The van der Waals surface area contributed by atoms with E-state index in [4.69, 9.17) is 4.74 Å². The molecule has 4 unspecified atom stereocenters. The third kappa shape index (κ3) is 3.83. The number of hydrogen-bond acceptors (Lipinski definition) is 5. The van der Waals surface area contributed by atoms with Crippen LogP contribution in [0.3, 0.4) is 0 Å². The van der Waals surface area contributed by atoms with E-state index in [0.29, 0.717) is 11.8 Å². The van der Waals surface area contributed by atoms with E-state index in [1.807, 2.05) is 13.1 Å². The first kappa shape index (κ1) is 20.8. The quantitative estimate of drug-likeness (QED) is 0.835. The van der Waals surface area contributed by atoms with Crippen molar-refractivity contribution in [3.8, 4) is 5.88 Å². The van der Waals surface area contributed by atoms with Crippen molar-refractivity contribution in [3.05, 3.63) is 34.2 Å². The van der Waals surface area contributed by atoms with Gasteiger partial charge in [0.15, 0.2) is 0 Å². The highest BCUT2D eigenvalue weighted by Gasteiger charge is 2.34. The first-order chi connectivity index (χ1) is 14.4. The normalized spacial score (nSPS) is 27.3. The fourth-order valence-corrected chi connectivity index (χ4v) is 5.17. The highest BCUT2D eigenvalue weighted by molar-refractivity contribution is 5.82. The third-order valence-corrected chi connectivity index (χ3v) is 7.08. The van der Waals surface area contributed by atoms with Gasteiger partial charge >= 0.3 is 0 Å². The molecule has 4 atom stereocenters. The molecule has 1 saturated heterocycles. The van der Waals surface area contributed by atoms with Gasteiger partial charge in [-0.25, -0.2) is 4.98 Å². The molecule has 0 bridgehead atoms. The predicted molar refractivity (Wildman–Crippen MR) is 117 cm³/mol. The van der Waals surface area contributed by atoms with Gasteiger partial charge in [-0.2, -0.15) is 0 Å². The fourth-order valence-electron chi connectivity index (χ4n) is 5.17. The summed E-state index contributed by atoms with van der Waals surface area (Å²) in [6.07, 6.45) is 6.53. The van der Waals surface area contributed by atoms with E-state index in [1.54, 1.807) is 31.0 Å². The van der Waals surface area contributed by atoms with E-state index in [-0.39, 0.29) is 29.5 Å². The molecular formula is C23H32N4O3. The SMILES string of the molecule is COc1cc2c(cn1)cc(C1CC(NC(=O)C3CCCN3C)CCC1C)c(=O)n2C. The molecule has 7 heteroatoms. The zero-order valence-electron chi connectivity index (χ0n) is 18.4. The number of carbonyl (C=O) groups is 1. The van der Waals surface area contributed by atoms with Crippen LogP contribution in [0, 0.1) is 5.92 Å². The van der Waals surface area contributed by atoms with Crippen LogP contribution in [0.5, 0.6) is 5.88 Å². The smallest absolute Gasteiger partial charge is 0.254 e. The number of methoxy groups -OCH3 is 1. The Morgan fingerprint density at radius 2 is 2.03 bits per heavy atom. The van der Waals surface area contributed by atoms with Gasteiger partial charge in [-0.15, -0.1) is 0 Å². The lowest BCUT2D eigenvalue weighted by atomic mass is 9.74. The highest BCUT2D eigenvalue weighted by atomic mass is 16.5. The summed E-state index contributed by atoms with van der Waals surface area (Å²) >= 11 is 0. The summed E-state index contributed by atoms with van der Waals surface area (Å²) in [5, 5.41) is 4.21. The minimum atomic E-state index is -0.0163. The number of ether oxygens (including phenoxy) is 1. The lowest BCUT2D eigenvalue weighted by Gasteiger charge is -2.35. The molecule has 1 saturated carbocycles. The lowest BCUT2D eigenvalue weighted by molar-refractivity contribution is -0.126. The number of aryl methyl sites for hydroxylation is 1. The van der Waals surface area contributed by atoms with E-state index in [2.05, 4.69) is 22.1 Å². The summed E-state index contributed by atoms with van der Waals surface area (Å²) < 4.78 is 6.90. The largest absolute Gasteiger partial charge is 0.481 e. The van der Waals surface area contributed by atoms with E-state index < -0.39 is 0 Å². The Labute approximate surface area is 177 Å². The molecule has 2 aromatic heterocycles. The Hall–Kier alpha value is -2.41. The minimum Gasteiger partial charge on any atom is -0.481 e. The van der Waals surface area contributed by atoms with Gasteiger partial charge in [-0.3, -0.25) is 14.5 Å². The van der Waals surface area contributed by atoms with Crippen molar-refractivity contribution >= 4 is 16.8 Å². The monoisotopic (exact) mass is 412 g/mol. The van der Waals surface area contributed by atoms with Crippen LogP contribution in [0.2, 0.25) is 0 Å². The molecule has 0 spiro atoms. The number of carbonyl (C=O) groups excluding carboxylic acids is 1. The average molecular weight is 413 g/mol. The maximum Gasteiger partial charge on any atom is 0.254 e. The average Bonchev–Trinajstić information content (AvgIpc) is 3.18. The molecule has 2 aliphatic rings. The number of nitrogens with zero attached hydrogens (tertiary/aromatic N) is 3. The number of likely N-dealkylation sites (N-methyl/N-ethyl adjacent to an activating group) is 1. The molecule has 1 N–H and O–H groups in total. The number of amides is 1. The fraction of sp³-hybridized carbons (Fsp3) is 0.609. The summed E-state index contributed by atoms with van der Waals surface area (Å²) in [5.41, 5.74) is 1.66.